The van der Waals surface area contributed by atoms with Crippen molar-refractivity contribution in [1.82, 2.24) is 25.6 Å². The minimum atomic E-state index is -0.717. The predicted octanol–water partition coefficient (Wildman–Crippen LogP) is 3.31. The number of nitrogens with one attached hydrogen (secondary N) is 3. The van der Waals surface area contributed by atoms with Crippen LogP contribution in [0.5, 0.6) is 0 Å². The molecular formula is C23H28N8O. The Morgan fingerprint density at radius 1 is 1.25 bits per heavy atom. The minimum Gasteiger partial charge on any atom is -0.390 e. The normalized spacial score (nSPS) is 13.9. The van der Waals surface area contributed by atoms with E-state index in [9.17, 15) is 5.11 Å². The monoisotopic (exact) mass is 432 g/mol. The Balaban J connectivity index is 1.66. The molecule has 3 aromatic rings. The third-order valence-corrected chi connectivity index (χ3v) is 5.11. The molecule has 4 heterocycles. The van der Waals surface area contributed by atoms with Crippen LogP contribution in [0.1, 0.15) is 46.1 Å². The van der Waals surface area contributed by atoms with Crippen molar-refractivity contribution < 1.29 is 5.11 Å². The van der Waals surface area contributed by atoms with Gasteiger partial charge in [0.25, 0.3) is 0 Å². The van der Waals surface area contributed by atoms with E-state index in [-0.39, 0.29) is 6.04 Å². The third kappa shape index (κ3) is 4.66. The summed E-state index contributed by atoms with van der Waals surface area (Å²) in [7, 11) is 0. The molecule has 9 nitrogen and oxygen atoms in total. The highest BCUT2D eigenvalue weighted by molar-refractivity contribution is 5.76. The summed E-state index contributed by atoms with van der Waals surface area (Å²) in [5, 5.41) is 28.9. The number of hydrogen-bond donors (Lipinski definition) is 4. The molecule has 0 unspecified atom stereocenters. The van der Waals surface area contributed by atoms with Crippen LogP contribution in [-0.2, 0) is 0 Å². The summed E-state index contributed by atoms with van der Waals surface area (Å²) in [4.78, 5) is 4.69. The molecule has 1 aliphatic rings. The topological polar surface area (TPSA) is 114 Å². The SMILES string of the molecule is CC(C)Nc1cc(-c2ccc3cc(C#N)cnn23)ncc1N1C=C(CCC(C)(C)O)NN1. The van der Waals surface area contributed by atoms with Gasteiger partial charge in [-0.3, -0.25) is 9.99 Å². The molecule has 0 saturated heterocycles. The van der Waals surface area contributed by atoms with Crippen molar-refractivity contribution in [3.8, 4) is 17.5 Å². The van der Waals surface area contributed by atoms with Crippen LogP contribution in [-0.4, -0.2) is 31.3 Å². The van der Waals surface area contributed by atoms with E-state index in [4.69, 9.17) is 10.2 Å². The highest BCUT2D eigenvalue weighted by atomic mass is 16.3. The van der Waals surface area contributed by atoms with Gasteiger partial charge in [0, 0.05) is 17.9 Å². The summed E-state index contributed by atoms with van der Waals surface area (Å²) in [6.45, 7) is 7.79. The summed E-state index contributed by atoms with van der Waals surface area (Å²) in [5.41, 5.74) is 11.4. The molecule has 0 saturated carbocycles. The Bertz CT molecular complexity index is 1200. The van der Waals surface area contributed by atoms with Crippen LogP contribution in [0.15, 0.2) is 48.6 Å². The summed E-state index contributed by atoms with van der Waals surface area (Å²) in [6.07, 6.45) is 6.71. The molecule has 9 heteroatoms. The highest BCUT2D eigenvalue weighted by Gasteiger charge is 2.21. The van der Waals surface area contributed by atoms with Crippen LogP contribution in [0.3, 0.4) is 0 Å². The number of pyridine rings is 1. The van der Waals surface area contributed by atoms with E-state index in [1.54, 1.807) is 16.8 Å². The lowest BCUT2D eigenvalue weighted by Gasteiger charge is -2.21. The smallest absolute Gasteiger partial charge is 0.101 e. The Hall–Kier alpha value is -3.61. The van der Waals surface area contributed by atoms with Crippen molar-refractivity contribution in [2.75, 3.05) is 10.3 Å². The van der Waals surface area contributed by atoms with Crippen LogP contribution in [0.2, 0.25) is 0 Å². The van der Waals surface area contributed by atoms with Crippen LogP contribution in [0.25, 0.3) is 16.9 Å². The molecule has 4 N–H and O–H groups in total. The van der Waals surface area contributed by atoms with Crippen molar-refractivity contribution >= 4 is 16.9 Å². The van der Waals surface area contributed by atoms with E-state index in [1.165, 1.54) is 0 Å². The molecule has 0 aromatic carbocycles. The van der Waals surface area contributed by atoms with Gasteiger partial charge in [-0.15, -0.1) is 5.53 Å². The van der Waals surface area contributed by atoms with Gasteiger partial charge in [-0.25, -0.2) is 4.52 Å². The average Bonchev–Trinajstić information content (AvgIpc) is 3.38. The molecule has 32 heavy (non-hydrogen) atoms. The summed E-state index contributed by atoms with van der Waals surface area (Å²) >= 11 is 0. The molecule has 0 amide bonds. The largest absolute Gasteiger partial charge is 0.390 e. The quantitative estimate of drug-likeness (QED) is 0.450. The molecule has 0 spiro atoms. The fourth-order valence-electron chi connectivity index (χ4n) is 3.51. The van der Waals surface area contributed by atoms with Crippen molar-refractivity contribution in [3.05, 3.63) is 54.1 Å². The number of aliphatic hydroxyl groups is 1. The van der Waals surface area contributed by atoms with Gasteiger partial charge in [-0.2, -0.15) is 10.4 Å². The van der Waals surface area contributed by atoms with E-state index in [1.807, 2.05) is 49.5 Å². The molecule has 0 atom stereocenters. The zero-order valence-electron chi connectivity index (χ0n) is 18.7. The van der Waals surface area contributed by atoms with Gasteiger partial charge in [-0.05, 0) is 64.8 Å². The second-order valence-corrected chi connectivity index (χ2v) is 8.87. The van der Waals surface area contributed by atoms with E-state index in [0.29, 0.717) is 12.0 Å². The maximum atomic E-state index is 10.00. The number of anilines is 2. The maximum Gasteiger partial charge on any atom is 0.101 e. The molecule has 3 aromatic heterocycles. The van der Waals surface area contributed by atoms with Crippen molar-refractivity contribution in [2.45, 2.75) is 52.2 Å². The zero-order valence-corrected chi connectivity index (χ0v) is 18.7. The first kappa shape index (κ1) is 21.6. The molecule has 0 bridgehead atoms. The molecule has 0 aliphatic carbocycles. The standard InChI is InChI=1S/C23H28N8O/c1-15(2)27-20-10-19(21-6-5-18-9-16(11-24)12-26-31(18)21)25-13-22(20)30-14-17(28-29-30)7-8-23(3,4)32/h5-6,9-10,12-15,28-29,32H,7-8H2,1-4H3,(H,25,27). The fraction of sp³-hybridized carbons (Fsp3) is 0.348. The Morgan fingerprint density at radius 2 is 2.06 bits per heavy atom. The summed E-state index contributed by atoms with van der Waals surface area (Å²) in [5.74, 6) is 0. The maximum absolute atomic E-state index is 10.00. The molecule has 166 valence electrons. The number of rotatable bonds is 7. The van der Waals surface area contributed by atoms with Gasteiger partial charge < -0.3 is 15.8 Å². The van der Waals surface area contributed by atoms with Crippen LogP contribution < -0.4 is 21.3 Å². The third-order valence-electron chi connectivity index (χ3n) is 5.11. The first-order valence-electron chi connectivity index (χ1n) is 10.6. The van der Waals surface area contributed by atoms with Crippen molar-refractivity contribution in [2.24, 2.45) is 0 Å². The number of allylic oxidation sites excluding steroid dienone is 1. The molecule has 0 fully saturated rings. The van der Waals surface area contributed by atoms with Gasteiger partial charge in [-0.1, -0.05) is 0 Å². The molecule has 1 aliphatic heterocycles. The Labute approximate surface area is 187 Å². The Kier molecular flexibility index (Phi) is 5.74. The second-order valence-electron chi connectivity index (χ2n) is 8.87. The van der Waals surface area contributed by atoms with Gasteiger partial charge in [0.05, 0.1) is 46.2 Å². The van der Waals surface area contributed by atoms with Gasteiger partial charge in [0.15, 0.2) is 0 Å². The highest BCUT2D eigenvalue weighted by Crippen LogP contribution is 2.32. The van der Waals surface area contributed by atoms with E-state index < -0.39 is 5.60 Å². The predicted molar refractivity (Wildman–Crippen MR) is 124 cm³/mol. The first-order valence-corrected chi connectivity index (χ1v) is 10.6. The zero-order chi connectivity index (χ0) is 22.9. The van der Waals surface area contributed by atoms with Gasteiger partial charge in [0.1, 0.15) is 11.8 Å². The van der Waals surface area contributed by atoms with E-state index >= 15 is 0 Å². The minimum absolute atomic E-state index is 0.221. The second kappa shape index (κ2) is 8.49. The number of fused-ring (bicyclic) bond motifs is 1. The van der Waals surface area contributed by atoms with Crippen molar-refractivity contribution in [1.29, 1.82) is 5.26 Å². The number of nitriles is 1. The average molecular weight is 433 g/mol. The Morgan fingerprint density at radius 3 is 2.78 bits per heavy atom. The molecule has 0 radical (unpaired) electrons. The van der Waals surface area contributed by atoms with Crippen LogP contribution in [0.4, 0.5) is 11.4 Å². The lowest BCUT2D eigenvalue weighted by Crippen LogP contribution is -2.37. The lowest BCUT2D eigenvalue weighted by molar-refractivity contribution is 0.0709. The fourth-order valence-corrected chi connectivity index (χ4v) is 3.51. The van der Waals surface area contributed by atoms with Crippen LogP contribution >= 0.6 is 0 Å². The van der Waals surface area contributed by atoms with Crippen molar-refractivity contribution in [3.63, 3.8) is 0 Å². The number of hydrogen-bond acceptors (Lipinski definition) is 8. The van der Waals surface area contributed by atoms with E-state index in [2.05, 4.69) is 41.3 Å². The van der Waals surface area contributed by atoms with E-state index in [0.717, 1.165) is 40.4 Å². The van der Waals surface area contributed by atoms with Gasteiger partial charge in [0.2, 0.25) is 0 Å². The lowest BCUT2D eigenvalue weighted by atomic mass is 10.0. The molecule has 4 rings (SSSR count). The number of nitrogens with zero attached hydrogens (tertiary/aromatic N) is 5. The first-order chi connectivity index (χ1) is 15.2. The van der Waals surface area contributed by atoms with Crippen LogP contribution in [0, 0.1) is 11.3 Å². The number of aromatic nitrogens is 3. The summed E-state index contributed by atoms with van der Waals surface area (Å²) < 4.78 is 1.78. The number of hydrazine groups is 2. The van der Waals surface area contributed by atoms with Gasteiger partial charge >= 0.3 is 0 Å². The molecular weight excluding hydrogens is 404 g/mol. The summed E-state index contributed by atoms with van der Waals surface area (Å²) in [6, 6.07) is 10.0.